The van der Waals surface area contributed by atoms with Crippen LogP contribution in [0.15, 0.2) is 53.4 Å². The van der Waals surface area contributed by atoms with Gasteiger partial charge in [-0.15, -0.1) is 0 Å². The van der Waals surface area contributed by atoms with Crippen LogP contribution in [0.25, 0.3) is 0 Å². The summed E-state index contributed by atoms with van der Waals surface area (Å²) in [5.74, 6) is 0. The minimum atomic E-state index is -4.19. The van der Waals surface area contributed by atoms with Crippen molar-refractivity contribution >= 4 is 21.5 Å². The average Bonchev–Trinajstić information content (AvgIpc) is 2.66. The summed E-state index contributed by atoms with van der Waals surface area (Å²) in [6.45, 7) is 6.31. The van der Waals surface area contributed by atoms with Crippen LogP contribution < -0.4 is 4.90 Å². The van der Waals surface area contributed by atoms with E-state index in [1.807, 2.05) is 30.3 Å². The standard InChI is InChI=1S/C17H19NO3S/c1-12-17(2,3)15-11-14(22(19,20)21)9-10-16(15)18(12)13-7-5-4-6-8-13/h4-12H,1-3H3,(H,19,20,21). The smallest absolute Gasteiger partial charge is 0.294 e. The second-order valence-corrected chi connectivity index (χ2v) is 7.68. The molecule has 0 radical (unpaired) electrons. The molecule has 5 heteroatoms. The number of hydrogen-bond acceptors (Lipinski definition) is 3. The lowest BCUT2D eigenvalue weighted by Gasteiger charge is -2.31. The molecule has 1 N–H and O–H groups in total. The third-order valence-corrected chi connectivity index (χ3v) is 5.54. The molecule has 0 saturated heterocycles. The van der Waals surface area contributed by atoms with Gasteiger partial charge >= 0.3 is 0 Å². The van der Waals surface area contributed by atoms with Crippen molar-refractivity contribution in [2.75, 3.05) is 4.90 Å². The predicted molar refractivity (Wildman–Crippen MR) is 87.3 cm³/mol. The number of benzene rings is 2. The highest BCUT2D eigenvalue weighted by molar-refractivity contribution is 7.85. The molecule has 1 aliphatic heterocycles. The summed E-state index contributed by atoms with van der Waals surface area (Å²) in [5.41, 5.74) is 2.75. The van der Waals surface area contributed by atoms with Crippen molar-refractivity contribution in [2.24, 2.45) is 0 Å². The number of fused-ring (bicyclic) bond motifs is 1. The Morgan fingerprint density at radius 2 is 1.73 bits per heavy atom. The summed E-state index contributed by atoms with van der Waals surface area (Å²) in [4.78, 5) is 2.16. The van der Waals surface area contributed by atoms with Crippen molar-refractivity contribution in [1.29, 1.82) is 0 Å². The maximum absolute atomic E-state index is 11.4. The van der Waals surface area contributed by atoms with E-state index in [1.165, 1.54) is 6.07 Å². The molecule has 1 heterocycles. The minimum absolute atomic E-state index is 0.0542. The molecular weight excluding hydrogens is 298 g/mol. The van der Waals surface area contributed by atoms with E-state index in [0.29, 0.717) is 0 Å². The van der Waals surface area contributed by atoms with Crippen LogP contribution in [0.5, 0.6) is 0 Å². The second-order valence-electron chi connectivity index (χ2n) is 6.26. The molecule has 0 bridgehead atoms. The molecule has 0 amide bonds. The van der Waals surface area contributed by atoms with Gasteiger partial charge < -0.3 is 4.90 Å². The number of para-hydroxylation sites is 1. The minimum Gasteiger partial charge on any atom is -0.338 e. The molecule has 0 aliphatic carbocycles. The molecule has 1 atom stereocenters. The molecule has 1 aliphatic rings. The fourth-order valence-electron chi connectivity index (χ4n) is 3.11. The van der Waals surface area contributed by atoms with Crippen LogP contribution in [-0.2, 0) is 15.5 Å². The Bertz CT molecular complexity index is 813. The van der Waals surface area contributed by atoms with Crippen LogP contribution in [0.1, 0.15) is 26.3 Å². The van der Waals surface area contributed by atoms with Crippen molar-refractivity contribution in [2.45, 2.75) is 37.1 Å². The van der Waals surface area contributed by atoms with Gasteiger partial charge in [0.15, 0.2) is 0 Å². The van der Waals surface area contributed by atoms with E-state index < -0.39 is 10.1 Å². The van der Waals surface area contributed by atoms with Crippen LogP contribution in [0.3, 0.4) is 0 Å². The van der Waals surface area contributed by atoms with Gasteiger partial charge in [0.05, 0.1) is 4.90 Å². The van der Waals surface area contributed by atoms with Gasteiger partial charge in [-0.05, 0) is 42.8 Å². The van der Waals surface area contributed by atoms with Crippen LogP contribution in [0.2, 0.25) is 0 Å². The molecular formula is C17H19NO3S. The molecule has 0 saturated carbocycles. The quantitative estimate of drug-likeness (QED) is 0.857. The highest BCUT2D eigenvalue weighted by atomic mass is 32.2. The lowest BCUT2D eigenvalue weighted by molar-refractivity contribution is 0.460. The molecule has 4 nitrogen and oxygen atoms in total. The van der Waals surface area contributed by atoms with E-state index in [4.69, 9.17) is 0 Å². The molecule has 0 spiro atoms. The molecule has 22 heavy (non-hydrogen) atoms. The number of anilines is 2. The molecule has 1 unspecified atom stereocenters. The maximum atomic E-state index is 11.4. The monoisotopic (exact) mass is 317 g/mol. The van der Waals surface area contributed by atoms with Crippen molar-refractivity contribution in [3.8, 4) is 0 Å². The lowest BCUT2D eigenvalue weighted by atomic mass is 9.81. The zero-order chi connectivity index (χ0) is 16.1. The summed E-state index contributed by atoms with van der Waals surface area (Å²) in [5, 5.41) is 0. The van der Waals surface area contributed by atoms with Crippen LogP contribution >= 0.6 is 0 Å². The fourth-order valence-corrected chi connectivity index (χ4v) is 3.62. The zero-order valence-electron chi connectivity index (χ0n) is 12.8. The summed E-state index contributed by atoms with van der Waals surface area (Å²) in [6.07, 6.45) is 0. The number of hydrogen-bond donors (Lipinski definition) is 1. The first kappa shape index (κ1) is 15.1. The van der Waals surface area contributed by atoms with Crippen LogP contribution in [0.4, 0.5) is 11.4 Å². The van der Waals surface area contributed by atoms with E-state index >= 15 is 0 Å². The zero-order valence-corrected chi connectivity index (χ0v) is 13.6. The SMILES string of the molecule is CC1N(c2ccccc2)c2ccc(S(=O)(=O)O)cc2C1(C)C. The van der Waals surface area contributed by atoms with Gasteiger partial charge in [-0.25, -0.2) is 0 Å². The topological polar surface area (TPSA) is 57.6 Å². The van der Waals surface area contributed by atoms with Crippen molar-refractivity contribution < 1.29 is 13.0 Å². The maximum Gasteiger partial charge on any atom is 0.294 e. The fraction of sp³-hybridized carbons (Fsp3) is 0.294. The first-order valence-electron chi connectivity index (χ1n) is 7.19. The van der Waals surface area contributed by atoms with Gasteiger partial charge in [-0.2, -0.15) is 8.42 Å². The van der Waals surface area contributed by atoms with Crippen molar-refractivity contribution in [3.05, 3.63) is 54.1 Å². The lowest BCUT2D eigenvalue weighted by Crippen LogP contribution is -2.36. The Labute approximate surface area is 131 Å². The first-order valence-corrected chi connectivity index (χ1v) is 8.63. The molecule has 116 valence electrons. The Kier molecular flexibility index (Phi) is 3.30. The van der Waals surface area contributed by atoms with Gasteiger partial charge in [0.25, 0.3) is 10.1 Å². The summed E-state index contributed by atoms with van der Waals surface area (Å²) in [6, 6.07) is 15.0. The first-order chi connectivity index (χ1) is 10.2. The van der Waals surface area contributed by atoms with E-state index in [-0.39, 0.29) is 16.4 Å². The summed E-state index contributed by atoms with van der Waals surface area (Å²) < 4.78 is 32.1. The summed E-state index contributed by atoms with van der Waals surface area (Å²) >= 11 is 0. The Balaban J connectivity index is 2.21. The Morgan fingerprint density at radius 1 is 1.09 bits per heavy atom. The van der Waals surface area contributed by atoms with Crippen LogP contribution in [-0.4, -0.2) is 19.0 Å². The third-order valence-electron chi connectivity index (χ3n) is 4.69. The van der Waals surface area contributed by atoms with Gasteiger partial charge in [0.1, 0.15) is 0 Å². The summed E-state index contributed by atoms with van der Waals surface area (Å²) in [7, 11) is -4.19. The Hall–Kier alpha value is -1.85. The molecule has 0 fully saturated rings. The highest BCUT2D eigenvalue weighted by Crippen LogP contribution is 2.49. The van der Waals surface area contributed by atoms with Gasteiger partial charge in [-0.1, -0.05) is 32.0 Å². The van der Waals surface area contributed by atoms with Gasteiger partial charge in [-0.3, -0.25) is 4.55 Å². The highest BCUT2D eigenvalue weighted by Gasteiger charge is 2.43. The van der Waals surface area contributed by atoms with Gasteiger partial charge in [0, 0.05) is 22.8 Å². The Morgan fingerprint density at radius 3 is 2.32 bits per heavy atom. The second kappa shape index (κ2) is 4.83. The number of nitrogens with zero attached hydrogens (tertiary/aromatic N) is 1. The van der Waals surface area contributed by atoms with Crippen molar-refractivity contribution in [3.63, 3.8) is 0 Å². The van der Waals surface area contributed by atoms with E-state index in [2.05, 4.69) is 25.7 Å². The normalized spacial score (nSPS) is 20.0. The van der Waals surface area contributed by atoms with E-state index in [0.717, 1.165) is 16.9 Å². The van der Waals surface area contributed by atoms with Gasteiger partial charge in [0.2, 0.25) is 0 Å². The predicted octanol–water partition coefficient (Wildman–Crippen LogP) is 3.75. The molecule has 2 aromatic rings. The molecule has 3 rings (SSSR count). The third kappa shape index (κ3) is 2.21. The van der Waals surface area contributed by atoms with E-state index in [9.17, 15) is 13.0 Å². The number of rotatable bonds is 2. The average molecular weight is 317 g/mol. The molecule has 0 aromatic heterocycles. The van der Waals surface area contributed by atoms with Crippen LogP contribution in [0, 0.1) is 0 Å². The van der Waals surface area contributed by atoms with Crippen molar-refractivity contribution in [1.82, 2.24) is 0 Å². The largest absolute Gasteiger partial charge is 0.338 e. The molecule has 2 aromatic carbocycles. The van der Waals surface area contributed by atoms with E-state index in [1.54, 1.807) is 12.1 Å².